The van der Waals surface area contributed by atoms with Crippen LogP contribution in [0.5, 0.6) is 5.88 Å². The number of hydrogen-bond acceptors (Lipinski definition) is 4. The molecule has 4 nitrogen and oxygen atoms in total. The fraction of sp³-hybridized carbons (Fsp3) is 0.600. The molecule has 0 aliphatic carbocycles. The molecule has 1 aromatic heterocycles. The first-order valence-corrected chi connectivity index (χ1v) is 5.01. The van der Waals surface area contributed by atoms with Gasteiger partial charge in [-0.2, -0.15) is 0 Å². The first kappa shape index (κ1) is 10.9. The van der Waals surface area contributed by atoms with E-state index in [1.54, 1.807) is 12.4 Å². The lowest BCUT2D eigenvalue weighted by atomic mass is 10.4. The van der Waals surface area contributed by atoms with Crippen molar-refractivity contribution in [3.63, 3.8) is 0 Å². The van der Waals surface area contributed by atoms with E-state index >= 15 is 0 Å². The Labute approximate surface area is 84.7 Å². The van der Waals surface area contributed by atoms with Crippen LogP contribution in [-0.4, -0.2) is 23.1 Å². The molecule has 0 amide bonds. The Kier molecular flexibility index (Phi) is 4.93. The van der Waals surface area contributed by atoms with Gasteiger partial charge in [0.1, 0.15) is 0 Å². The number of nitrogens with one attached hydrogen (secondary N) is 1. The molecule has 0 fully saturated rings. The van der Waals surface area contributed by atoms with E-state index in [0.717, 1.165) is 25.2 Å². The first-order chi connectivity index (χ1) is 6.86. The summed E-state index contributed by atoms with van der Waals surface area (Å²) in [4.78, 5) is 8.34. The smallest absolute Gasteiger partial charge is 0.232 e. The summed E-state index contributed by atoms with van der Waals surface area (Å²) in [5.74, 6) is 0.600. The summed E-state index contributed by atoms with van der Waals surface area (Å²) in [6, 6.07) is 0. The maximum Gasteiger partial charge on any atom is 0.232 e. The number of hydrogen-bond donors (Lipinski definition) is 1. The standard InChI is InChI=1S/C10H17N3O/c1-3-5-11-6-9-7-12-8-10(13-9)14-4-2/h7-8,11H,3-6H2,1-2H3. The molecule has 0 bridgehead atoms. The summed E-state index contributed by atoms with van der Waals surface area (Å²) in [5.41, 5.74) is 0.921. The zero-order valence-electron chi connectivity index (χ0n) is 8.79. The topological polar surface area (TPSA) is 47.0 Å². The minimum atomic E-state index is 0.600. The molecule has 1 N–H and O–H groups in total. The van der Waals surface area contributed by atoms with Crippen LogP contribution in [0.2, 0.25) is 0 Å². The number of nitrogens with zero attached hydrogens (tertiary/aromatic N) is 2. The Balaban J connectivity index is 2.46. The minimum absolute atomic E-state index is 0.600. The van der Waals surface area contributed by atoms with Crippen molar-refractivity contribution in [3.8, 4) is 5.88 Å². The molecule has 0 radical (unpaired) electrons. The molecule has 0 atom stereocenters. The average molecular weight is 195 g/mol. The molecule has 0 spiro atoms. The molecule has 0 saturated heterocycles. The van der Waals surface area contributed by atoms with E-state index in [9.17, 15) is 0 Å². The SMILES string of the molecule is CCCNCc1cncc(OCC)n1. The van der Waals surface area contributed by atoms with Crippen molar-refractivity contribution >= 4 is 0 Å². The average Bonchev–Trinajstić information content (AvgIpc) is 2.19. The Bertz CT molecular complexity index is 265. The molecule has 1 rings (SSSR count). The minimum Gasteiger partial charge on any atom is -0.477 e. The van der Waals surface area contributed by atoms with Gasteiger partial charge in [0.05, 0.1) is 18.5 Å². The van der Waals surface area contributed by atoms with Crippen LogP contribution in [0.4, 0.5) is 0 Å². The third kappa shape index (κ3) is 3.70. The number of ether oxygens (including phenoxy) is 1. The quantitative estimate of drug-likeness (QED) is 0.696. The summed E-state index contributed by atoms with van der Waals surface area (Å²) in [5, 5.41) is 3.26. The van der Waals surface area contributed by atoms with E-state index < -0.39 is 0 Å². The van der Waals surface area contributed by atoms with Gasteiger partial charge in [-0.1, -0.05) is 6.92 Å². The van der Waals surface area contributed by atoms with Crippen molar-refractivity contribution in [1.82, 2.24) is 15.3 Å². The van der Waals surface area contributed by atoms with Gasteiger partial charge in [0.2, 0.25) is 5.88 Å². The van der Waals surface area contributed by atoms with Crippen LogP contribution in [0.25, 0.3) is 0 Å². The molecule has 4 heteroatoms. The van der Waals surface area contributed by atoms with Crippen LogP contribution < -0.4 is 10.1 Å². The maximum atomic E-state index is 5.25. The third-order valence-electron chi connectivity index (χ3n) is 1.69. The van der Waals surface area contributed by atoms with Gasteiger partial charge in [0.15, 0.2) is 0 Å². The molecule has 0 unspecified atom stereocenters. The van der Waals surface area contributed by atoms with Gasteiger partial charge >= 0.3 is 0 Å². The summed E-state index contributed by atoms with van der Waals surface area (Å²) < 4.78 is 5.25. The predicted molar refractivity (Wildman–Crippen MR) is 55.2 cm³/mol. The lowest BCUT2D eigenvalue weighted by Crippen LogP contribution is -2.15. The summed E-state index contributed by atoms with van der Waals surface area (Å²) in [6.45, 7) is 6.45. The van der Waals surface area contributed by atoms with Crippen molar-refractivity contribution in [2.45, 2.75) is 26.8 Å². The Morgan fingerprint density at radius 2 is 2.21 bits per heavy atom. The molecule has 1 aromatic rings. The van der Waals surface area contributed by atoms with E-state index in [0.29, 0.717) is 12.5 Å². The third-order valence-corrected chi connectivity index (χ3v) is 1.69. The van der Waals surface area contributed by atoms with Gasteiger partial charge in [-0.25, -0.2) is 4.98 Å². The lowest BCUT2D eigenvalue weighted by Gasteiger charge is -2.04. The zero-order valence-corrected chi connectivity index (χ0v) is 8.79. The molecule has 0 aliphatic rings. The lowest BCUT2D eigenvalue weighted by molar-refractivity contribution is 0.323. The molecule has 14 heavy (non-hydrogen) atoms. The highest BCUT2D eigenvalue weighted by molar-refractivity contribution is 5.08. The highest BCUT2D eigenvalue weighted by Gasteiger charge is 1.97. The molecule has 78 valence electrons. The van der Waals surface area contributed by atoms with Gasteiger partial charge in [-0.15, -0.1) is 0 Å². The van der Waals surface area contributed by atoms with E-state index in [-0.39, 0.29) is 0 Å². The maximum absolute atomic E-state index is 5.25. The molecular weight excluding hydrogens is 178 g/mol. The van der Waals surface area contributed by atoms with E-state index in [1.807, 2.05) is 6.92 Å². The Morgan fingerprint density at radius 3 is 2.93 bits per heavy atom. The predicted octanol–water partition coefficient (Wildman–Crippen LogP) is 1.37. The van der Waals surface area contributed by atoms with Gasteiger partial charge in [0, 0.05) is 12.7 Å². The molecule has 0 saturated carbocycles. The zero-order chi connectivity index (χ0) is 10.2. The summed E-state index contributed by atoms with van der Waals surface area (Å²) in [6.07, 6.45) is 4.51. The second-order valence-corrected chi connectivity index (χ2v) is 2.96. The molecule has 0 aromatic carbocycles. The van der Waals surface area contributed by atoms with Crippen molar-refractivity contribution in [2.24, 2.45) is 0 Å². The Hall–Kier alpha value is -1.16. The second-order valence-electron chi connectivity index (χ2n) is 2.96. The largest absolute Gasteiger partial charge is 0.477 e. The number of rotatable bonds is 6. The highest BCUT2D eigenvalue weighted by Crippen LogP contribution is 2.04. The summed E-state index contributed by atoms with van der Waals surface area (Å²) >= 11 is 0. The van der Waals surface area contributed by atoms with E-state index in [2.05, 4.69) is 22.2 Å². The van der Waals surface area contributed by atoms with Crippen LogP contribution in [0, 0.1) is 0 Å². The van der Waals surface area contributed by atoms with Gasteiger partial charge in [-0.3, -0.25) is 4.98 Å². The van der Waals surface area contributed by atoms with Crippen molar-refractivity contribution in [1.29, 1.82) is 0 Å². The fourth-order valence-corrected chi connectivity index (χ4v) is 1.08. The summed E-state index contributed by atoms with van der Waals surface area (Å²) in [7, 11) is 0. The van der Waals surface area contributed by atoms with Crippen molar-refractivity contribution in [2.75, 3.05) is 13.2 Å². The normalized spacial score (nSPS) is 10.1. The van der Waals surface area contributed by atoms with E-state index in [4.69, 9.17) is 4.74 Å². The first-order valence-electron chi connectivity index (χ1n) is 5.01. The second kappa shape index (κ2) is 6.32. The molecular formula is C10H17N3O. The van der Waals surface area contributed by atoms with Gasteiger partial charge in [0.25, 0.3) is 0 Å². The molecule has 0 aliphatic heterocycles. The highest BCUT2D eigenvalue weighted by atomic mass is 16.5. The van der Waals surface area contributed by atoms with Crippen molar-refractivity contribution in [3.05, 3.63) is 18.1 Å². The van der Waals surface area contributed by atoms with Crippen LogP contribution in [0.15, 0.2) is 12.4 Å². The van der Waals surface area contributed by atoms with E-state index in [1.165, 1.54) is 0 Å². The monoisotopic (exact) mass is 195 g/mol. The Morgan fingerprint density at radius 1 is 1.36 bits per heavy atom. The van der Waals surface area contributed by atoms with Crippen LogP contribution in [-0.2, 0) is 6.54 Å². The van der Waals surface area contributed by atoms with Gasteiger partial charge < -0.3 is 10.1 Å². The van der Waals surface area contributed by atoms with Gasteiger partial charge in [-0.05, 0) is 19.9 Å². The van der Waals surface area contributed by atoms with Crippen LogP contribution in [0.3, 0.4) is 0 Å². The van der Waals surface area contributed by atoms with Crippen molar-refractivity contribution < 1.29 is 4.74 Å². The molecule has 1 heterocycles. The number of aromatic nitrogens is 2. The fourth-order valence-electron chi connectivity index (χ4n) is 1.08. The van der Waals surface area contributed by atoms with Crippen LogP contribution >= 0.6 is 0 Å². The van der Waals surface area contributed by atoms with Crippen LogP contribution in [0.1, 0.15) is 26.0 Å².